The SMILES string of the molecule is CCC1OC(CCC2CCC(C)OC2CC)=CCC1C. The Hall–Kier alpha value is -0.500. The summed E-state index contributed by atoms with van der Waals surface area (Å²) in [7, 11) is 0. The van der Waals surface area contributed by atoms with E-state index in [-0.39, 0.29) is 0 Å². The van der Waals surface area contributed by atoms with Crippen LogP contribution in [0.25, 0.3) is 0 Å². The minimum atomic E-state index is 0.430. The Morgan fingerprint density at radius 2 is 1.85 bits per heavy atom. The van der Waals surface area contributed by atoms with Crippen LogP contribution in [-0.2, 0) is 9.47 Å². The van der Waals surface area contributed by atoms with Crippen molar-refractivity contribution in [2.24, 2.45) is 11.8 Å². The Kier molecular flexibility index (Phi) is 5.95. The summed E-state index contributed by atoms with van der Waals surface area (Å²) in [6, 6.07) is 0. The first-order valence-electron chi connectivity index (χ1n) is 8.65. The van der Waals surface area contributed by atoms with Gasteiger partial charge in [-0.25, -0.2) is 0 Å². The van der Waals surface area contributed by atoms with Crippen molar-refractivity contribution < 1.29 is 9.47 Å². The molecule has 0 N–H and O–H groups in total. The van der Waals surface area contributed by atoms with Crippen LogP contribution in [0.1, 0.15) is 72.6 Å². The second-order valence-corrected chi connectivity index (χ2v) is 6.72. The van der Waals surface area contributed by atoms with E-state index in [1.165, 1.54) is 31.4 Å². The van der Waals surface area contributed by atoms with Gasteiger partial charge >= 0.3 is 0 Å². The normalized spacial score (nSPS) is 38.2. The summed E-state index contributed by atoms with van der Waals surface area (Å²) in [5.41, 5.74) is 0. The van der Waals surface area contributed by atoms with Gasteiger partial charge in [0.2, 0.25) is 0 Å². The van der Waals surface area contributed by atoms with Gasteiger partial charge in [-0.2, -0.15) is 0 Å². The van der Waals surface area contributed by atoms with Gasteiger partial charge in [0.05, 0.1) is 18.0 Å². The third-order valence-corrected chi connectivity index (χ3v) is 5.10. The highest BCUT2D eigenvalue weighted by Gasteiger charge is 2.29. The zero-order chi connectivity index (χ0) is 14.5. The average molecular weight is 280 g/mol. The van der Waals surface area contributed by atoms with E-state index in [9.17, 15) is 0 Å². The summed E-state index contributed by atoms with van der Waals surface area (Å²) in [6.07, 6.45) is 12.0. The number of hydrogen-bond donors (Lipinski definition) is 0. The molecule has 2 heteroatoms. The van der Waals surface area contributed by atoms with Crippen LogP contribution >= 0.6 is 0 Å². The van der Waals surface area contributed by atoms with Crippen LogP contribution < -0.4 is 0 Å². The summed E-state index contributed by atoms with van der Waals surface area (Å²) >= 11 is 0. The largest absolute Gasteiger partial charge is 0.495 e. The molecule has 2 nitrogen and oxygen atoms in total. The standard InChI is InChI=1S/C18H32O2/c1-5-17-13(3)7-11-16(20-17)12-10-15-9-8-14(4)19-18(15)6-2/h11,13-15,17-18H,5-10,12H2,1-4H3. The molecular weight excluding hydrogens is 248 g/mol. The van der Waals surface area contributed by atoms with Crippen LogP contribution in [0, 0.1) is 11.8 Å². The van der Waals surface area contributed by atoms with Gasteiger partial charge in [-0.05, 0) is 63.4 Å². The predicted octanol–water partition coefficient (Wildman–Crippen LogP) is 5.08. The Morgan fingerprint density at radius 3 is 2.55 bits per heavy atom. The lowest BCUT2D eigenvalue weighted by Crippen LogP contribution is -2.33. The first kappa shape index (κ1) is 15.9. The maximum atomic E-state index is 6.15. The highest BCUT2D eigenvalue weighted by atomic mass is 16.5. The van der Waals surface area contributed by atoms with Crippen LogP contribution in [0.3, 0.4) is 0 Å². The molecule has 0 aliphatic carbocycles. The Bertz CT molecular complexity index is 323. The van der Waals surface area contributed by atoms with Crippen molar-refractivity contribution in [2.75, 3.05) is 0 Å². The Balaban J connectivity index is 1.82. The molecule has 2 aliphatic rings. The zero-order valence-corrected chi connectivity index (χ0v) is 13.7. The molecule has 1 saturated heterocycles. The van der Waals surface area contributed by atoms with Crippen LogP contribution in [0.2, 0.25) is 0 Å². The van der Waals surface area contributed by atoms with Gasteiger partial charge in [0.15, 0.2) is 0 Å². The molecule has 0 aromatic rings. The predicted molar refractivity (Wildman–Crippen MR) is 83.6 cm³/mol. The summed E-state index contributed by atoms with van der Waals surface area (Å²) in [5.74, 6) is 2.63. The molecule has 1 fully saturated rings. The maximum absolute atomic E-state index is 6.15. The zero-order valence-electron chi connectivity index (χ0n) is 13.7. The summed E-state index contributed by atoms with van der Waals surface area (Å²) in [6.45, 7) is 8.98. The number of rotatable bonds is 5. The van der Waals surface area contributed by atoms with Crippen LogP contribution in [0.15, 0.2) is 11.8 Å². The summed E-state index contributed by atoms with van der Waals surface area (Å²) in [4.78, 5) is 0. The minimum absolute atomic E-state index is 0.430. The van der Waals surface area contributed by atoms with Gasteiger partial charge in [-0.1, -0.05) is 20.8 Å². The van der Waals surface area contributed by atoms with E-state index in [0.717, 1.165) is 25.2 Å². The molecule has 5 atom stereocenters. The van der Waals surface area contributed by atoms with Crippen molar-refractivity contribution in [3.63, 3.8) is 0 Å². The van der Waals surface area contributed by atoms with E-state index in [2.05, 4.69) is 33.8 Å². The quantitative estimate of drug-likeness (QED) is 0.699. The number of hydrogen-bond acceptors (Lipinski definition) is 2. The fourth-order valence-electron chi connectivity index (χ4n) is 3.67. The maximum Gasteiger partial charge on any atom is 0.101 e. The summed E-state index contributed by atoms with van der Waals surface area (Å²) in [5, 5.41) is 0. The van der Waals surface area contributed by atoms with Gasteiger partial charge in [-0.15, -0.1) is 0 Å². The fourth-order valence-corrected chi connectivity index (χ4v) is 3.67. The lowest BCUT2D eigenvalue weighted by atomic mass is 9.86. The molecule has 0 aromatic heterocycles. The van der Waals surface area contributed by atoms with E-state index < -0.39 is 0 Å². The average Bonchev–Trinajstić information content (AvgIpc) is 2.47. The van der Waals surface area contributed by atoms with Crippen LogP contribution in [-0.4, -0.2) is 18.3 Å². The molecule has 20 heavy (non-hydrogen) atoms. The molecule has 0 bridgehead atoms. The molecule has 0 saturated carbocycles. The molecule has 0 spiro atoms. The first-order chi connectivity index (χ1) is 9.63. The lowest BCUT2D eigenvalue weighted by molar-refractivity contribution is -0.0789. The Morgan fingerprint density at radius 1 is 1.10 bits per heavy atom. The molecule has 5 unspecified atom stereocenters. The van der Waals surface area contributed by atoms with E-state index in [1.54, 1.807) is 0 Å². The van der Waals surface area contributed by atoms with Crippen molar-refractivity contribution in [1.29, 1.82) is 0 Å². The van der Waals surface area contributed by atoms with Crippen molar-refractivity contribution >= 4 is 0 Å². The van der Waals surface area contributed by atoms with Crippen molar-refractivity contribution in [3.8, 4) is 0 Å². The van der Waals surface area contributed by atoms with Crippen LogP contribution in [0.5, 0.6) is 0 Å². The third kappa shape index (κ3) is 4.00. The molecule has 2 rings (SSSR count). The molecule has 2 aliphatic heterocycles. The highest BCUT2D eigenvalue weighted by molar-refractivity contribution is 5.00. The van der Waals surface area contributed by atoms with E-state index >= 15 is 0 Å². The molecule has 0 amide bonds. The molecule has 2 heterocycles. The van der Waals surface area contributed by atoms with Crippen molar-refractivity contribution in [2.45, 2.75) is 91.0 Å². The van der Waals surface area contributed by atoms with Gasteiger partial charge < -0.3 is 9.47 Å². The Labute approximate surface area is 124 Å². The van der Waals surface area contributed by atoms with Gasteiger partial charge in [0.1, 0.15) is 6.10 Å². The minimum Gasteiger partial charge on any atom is -0.495 e. The molecule has 0 radical (unpaired) electrons. The summed E-state index contributed by atoms with van der Waals surface area (Å²) < 4.78 is 12.2. The van der Waals surface area contributed by atoms with Gasteiger partial charge in [0, 0.05) is 6.42 Å². The van der Waals surface area contributed by atoms with E-state index in [4.69, 9.17) is 9.47 Å². The van der Waals surface area contributed by atoms with E-state index in [1.807, 2.05) is 0 Å². The number of ether oxygens (including phenoxy) is 2. The molecule has 116 valence electrons. The third-order valence-electron chi connectivity index (χ3n) is 5.10. The monoisotopic (exact) mass is 280 g/mol. The topological polar surface area (TPSA) is 18.5 Å². The van der Waals surface area contributed by atoms with Crippen LogP contribution in [0.4, 0.5) is 0 Å². The molecular formula is C18H32O2. The second-order valence-electron chi connectivity index (χ2n) is 6.72. The van der Waals surface area contributed by atoms with Gasteiger partial charge in [0.25, 0.3) is 0 Å². The fraction of sp³-hybridized carbons (Fsp3) is 0.889. The van der Waals surface area contributed by atoms with Crippen molar-refractivity contribution in [3.05, 3.63) is 11.8 Å². The highest BCUT2D eigenvalue weighted by Crippen LogP contribution is 2.33. The second kappa shape index (κ2) is 7.49. The molecule has 0 aromatic carbocycles. The van der Waals surface area contributed by atoms with Crippen molar-refractivity contribution in [1.82, 2.24) is 0 Å². The smallest absolute Gasteiger partial charge is 0.101 e. The van der Waals surface area contributed by atoms with E-state index in [0.29, 0.717) is 24.2 Å². The number of allylic oxidation sites excluding steroid dienone is 2. The van der Waals surface area contributed by atoms with Gasteiger partial charge in [-0.3, -0.25) is 0 Å². The first-order valence-corrected chi connectivity index (χ1v) is 8.65. The lowest BCUT2D eigenvalue weighted by Gasteiger charge is -2.36.